The van der Waals surface area contributed by atoms with Crippen molar-refractivity contribution in [3.8, 4) is 44.8 Å². The smallest absolute Gasteiger partial charge is 0.442 e. The Balaban J connectivity index is 0.000000111. The van der Waals surface area contributed by atoms with Crippen molar-refractivity contribution >= 4 is 65.4 Å². The summed E-state index contributed by atoms with van der Waals surface area (Å²) in [6, 6.07) is 77.6. The molecule has 2 aliphatic rings. The molecular formula is C70H50N6Pt2. The number of hydrogen-bond acceptors (Lipinski definition) is 4. The van der Waals surface area contributed by atoms with Crippen LogP contribution < -0.4 is 9.97 Å². The summed E-state index contributed by atoms with van der Waals surface area (Å²) >= 11 is 0. The molecule has 0 spiro atoms. The molecule has 16 rings (SSSR count). The van der Waals surface area contributed by atoms with Gasteiger partial charge in [0.1, 0.15) is 0 Å². The number of rotatable bonds is 2. The fourth-order valence-electron chi connectivity index (χ4n) is 11.5. The largest absolute Gasteiger partial charge is 2.00 e. The van der Waals surface area contributed by atoms with Gasteiger partial charge in [-0.3, -0.25) is 0 Å². The van der Waals surface area contributed by atoms with Crippen molar-refractivity contribution in [1.82, 2.24) is 29.9 Å². The van der Waals surface area contributed by atoms with Gasteiger partial charge in [-0.15, -0.1) is 71.8 Å². The Morgan fingerprint density at radius 2 is 0.731 bits per heavy atom. The standard InChI is InChI=1S/2C20H15N2.2C15H10N.2Pt/c2*1-20(2)16-8-4-3-6-12(16)14-11-18-15(10-17(14)20)13-7-5-9-21-19(13)22-18;2*1-2-7-13(8-3-1)15-14-9-5-4-6-12(14)10-11-16-15;;/h2*3-11H,1-2H3;2*1-7,9-11H;;/q4*-1;2*+2. The normalized spacial score (nSPS) is 12.9. The number of fused-ring (bicyclic) bond motifs is 14. The van der Waals surface area contributed by atoms with E-state index in [0.717, 1.165) is 55.6 Å². The van der Waals surface area contributed by atoms with Crippen LogP contribution in [0, 0.1) is 12.1 Å². The maximum absolute atomic E-state index is 4.70. The predicted molar refractivity (Wildman–Crippen MR) is 312 cm³/mol. The molecule has 0 aliphatic heterocycles. The van der Waals surface area contributed by atoms with Crippen LogP contribution in [0.25, 0.3) is 110 Å². The van der Waals surface area contributed by atoms with Gasteiger partial charge >= 0.3 is 42.1 Å². The third-order valence-electron chi connectivity index (χ3n) is 15.3. The molecule has 0 saturated carbocycles. The van der Waals surface area contributed by atoms with Crippen LogP contribution in [0.5, 0.6) is 0 Å². The van der Waals surface area contributed by atoms with Crippen molar-refractivity contribution in [3.63, 3.8) is 0 Å². The molecule has 78 heavy (non-hydrogen) atoms. The minimum absolute atomic E-state index is 0. The van der Waals surface area contributed by atoms with Crippen molar-refractivity contribution in [2.75, 3.05) is 0 Å². The summed E-state index contributed by atoms with van der Waals surface area (Å²) in [5.41, 5.74) is 18.8. The average molecular weight is 1370 g/mol. The molecule has 0 bridgehead atoms. The molecule has 8 heteroatoms. The minimum atomic E-state index is 0. The molecule has 380 valence electrons. The van der Waals surface area contributed by atoms with Crippen LogP contribution in [0.2, 0.25) is 0 Å². The number of nitrogens with zero attached hydrogens (tertiary/aromatic N) is 6. The number of hydrogen-bond donors (Lipinski definition) is 0. The summed E-state index contributed by atoms with van der Waals surface area (Å²) < 4.78 is 0. The van der Waals surface area contributed by atoms with Gasteiger partial charge in [0.25, 0.3) is 0 Å². The van der Waals surface area contributed by atoms with E-state index in [0.29, 0.717) is 0 Å². The van der Waals surface area contributed by atoms with Crippen molar-refractivity contribution in [3.05, 3.63) is 265 Å². The Morgan fingerprint density at radius 1 is 0.333 bits per heavy atom. The van der Waals surface area contributed by atoms with E-state index >= 15 is 0 Å². The fraction of sp³-hybridized carbons (Fsp3) is 0.0857. The van der Waals surface area contributed by atoms with Crippen LogP contribution in [-0.4, -0.2) is 19.9 Å². The van der Waals surface area contributed by atoms with Crippen LogP contribution in [0.4, 0.5) is 0 Å². The first-order chi connectivity index (χ1) is 37.2. The molecule has 0 amide bonds. The Hall–Kier alpha value is -8.14. The van der Waals surface area contributed by atoms with E-state index in [1.165, 1.54) is 76.8 Å². The maximum atomic E-state index is 4.70. The summed E-state index contributed by atoms with van der Waals surface area (Å²) in [5.74, 6) is 0. The van der Waals surface area contributed by atoms with Crippen molar-refractivity contribution < 1.29 is 42.1 Å². The fourth-order valence-corrected chi connectivity index (χ4v) is 11.5. The van der Waals surface area contributed by atoms with E-state index in [1.807, 2.05) is 109 Å². The van der Waals surface area contributed by atoms with Gasteiger partial charge in [-0.05, 0) is 134 Å². The first-order valence-corrected chi connectivity index (χ1v) is 25.7. The third-order valence-corrected chi connectivity index (χ3v) is 15.3. The molecule has 0 unspecified atom stereocenters. The predicted octanol–water partition coefficient (Wildman–Crippen LogP) is 16.7. The van der Waals surface area contributed by atoms with E-state index in [2.05, 4.69) is 169 Å². The first-order valence-electron chi connectivity index (χ1n) is 25.7. The minimum Gasteiger partial charge on any atom is -0.442 e. The summed E-state index contributed by atoms with van der Waals surface area (Å²) in [6.45, 7) is 9.22. The molecule has 6 nitrogen and oxygen atoms in total. The molecule has 6 heterocycles. The Labute approximate surface area is 482 Å². The van der Waals surface area contributed by atoms with E-state index in [4.69, 9.17) is 9.97 Å². The zero-order valence-corrected chi connectivity index (χ0v) is 47.8. The number of benzene rings is 8. The molecule has 0 N–H and O–H groups in total. The van der Waals surface area contributed by atoms with E-state index in [1.54, 1.807) is 12.4 Å². The topological polar surface area (TPSA) is 79.8 Å². The molecule has 0 fully saturated rings. The van der Waals surface area contributed by atoms with Crippen molar-refractivity contribution in [2.45, 2.75) is 38.5 Å². The Bertz CT molecular complexity index is 4190. The molecule has 0 saturated heterocycles. The average Bonchev–Trinajstić information content (AvgIpc) is 4.38. The molecule has 14 aromatic rings. The van der Waals surface area contributed by atoms with Gasteiger partial charge in [0.05, 0.1) is 0 Å². The second-order valence-corrected chi connectivity index (χ2v) is 20.5. The zero-order chi connectivity index (χ0) is 51.4. The van der Waals surface area contributed by atoms with Crippen LogP contribution in [-0.2, 0) is 53.0 Å². The Kier molecular flexibility index (Phi) is 14.2. The van der Waals surface area contributed by atoms with Gasteiger partial charge in [0.15, 0.2) is 0 Å². The summed E-state index contributed by atoms with van der Waals surface area (Å²) in [5, 5.41) is 9.49. The first kappa shape index (κ1) is 51.9. The third kappa shape index (κ3) is 9.17. The van der Waals surface area contributed by atoms with E-state index < -0.39 is 0 Å². The second kappa shape index (κ2) is 21.4. The zero-order valence-electron chi connectivity index (χ0n) is 43.3. The van der Waals surface area contributed by atoms with Gasteiger partial charge in [-0.25, -0.2) is 0 Å². The molecule has 2 aliphatic carbocycles. The monoisotopic (exact) mass is 1360 g/mol. The van der Waals surface area contributed by atoms with Crippen molar-refractivity contribution in [2.24, 2.45) is 0 Å². The molecular weight excluding hydrogens is 1310 g/mol. The summed E-state index contributed by atoms with van der Waals surface area (Å²) in [6.07, 6.45) is 7.30. The van der Waals surface area contributed by atoms with Crippen LogP contribution in [0.15, 0.2) is 231 Å². The number of aromatic nitrogens is 6. The molecule has 0 radical (unpaired) electrons. The molecule has 0 atom stereocenters. The summed E-state index contributed by atoms with van der Waals surface area (Å²) in [4.78, 5) is 27.1. The molecule has 8 aromatic carbocycles. The summed E-state index contributed by atoms with van der Waals surface area (Å²) in [7, 11) is 0. The van der Waals surface area contributed by atoms with Gasteiger partial charge < -0.3 is 29.9 Å². The van der Waals surface area contributed by atoms with E-state index in [-0.39, 0.29) is 53.0 Å². The number of pyridine rings is 4. The van der Waals surface area contributed by atoms with Gasteiger partial charge in [0.2, 0.25) is 0 Å². The van der Waals surface area contributed by atoms with Gasteiger partial charge in [-0.2, -0.15) is 0 Å². The van der Waals surface area contributed by atoms with E-state index in [9.17, 15) is 0 Å². The quantitative estimate of drug-likeness (QED) is 0.160. The SMILES string of the molecule is CC1(C)c2ccccc2-c2cc3[n-]c4ncccc4c3cc21.CC1(C)c2ccccc2-c2cc3[n-]c4ncccc4c3cc21.[Pt+2].[Pt+2].[c-]1ccccc1-c1nccc2ccccc12.[c-]1ccccc1-c1nccc2ccccc12. The van der Waals surface area contributed by atoms with Crippen LogP contribution in [0.3, 0.4) is 0 Å². The van der Waals surface area contributed by atoms with Gasteiger partial charge in [0, 0.05) is 23.2 Å². The van der Waals surface area contributed by atoms with Crippen LogP contribution in [0.1, 0.15) is 49.9 Å². The Morgan fingerprint density at radius 3 is 1.17 bits per heavy atom. The van der Waals surface area contributed by atoms with Crippen LogP contribution >= 0.6 is 0 Å². The maximum Gasteiger partial charge on any atom is 2.00 e. The molecule has 6 aromatic heterocycles. The van der Waals surface area contributed by atoms with Gasteiger partial charge in [-0.1, -0.05) is 185 Å². The second-order valence-electron chi connectivity index (χ2n) is 20.5. The van der Waals surface area contributed by atoms with Crippen molar-refractivity contribution in [1.29, 1.82) is 0 Å².